The Morgan fingerprint density at radius 3 is 2.56 bits per heavy atom. The van der Waals surface area contributed by atoms with E-state index in [9.17, 15) is 4.79 Å². The summed E-state index contributed by atoms with van der Waals surface area (Å²) in [5.74, 6) is 0.685. The number of pyridine rings is 2. The van der Waals surface area contributed by atoms with Gasteiger partial charge >= 0.3 is 0 Å². The van der Waals surface area contributed by atoms with E-state index in [1.807, 2.05) is 12.1 Å². The number of carbonyl (C=O) groups is 1. The number of likely N-dealkylation sites (tertiary alicyclic amines) is 1. The quantitative estimate of drug-likeness (QED) is 0.659. The SMILES string of the molecule is BC1(B)CCN(c2cccc(C(=O)Nc3ccncc3)n2)CCN1C1CCN([C@@H](C)CC)CC1. The zero-order chi connectivity index (χ0) is 24.1. The van der Waals surface area contributed by atoms with Crippen LogP contribution in [0.5, 0.6) is 0 Å². The lowest BCUT2D eigenvalue weighted by molar-refractivity contribution is 0.0722. The van der Waals surface area contributed by atoms with Crippen molar-refractivity contribution in [1.29, 1.82) is 0 Å². The first kappa shape index (κ1) is 24.7. The van der Waals surface area contributed by atoms with Crippen molar-refractivity contribution in [2.45, 2.75) is 57.0 Å². The normalized spacial score (nSPS) is 21.1. The monoisotopic (exact) mass is 460 g/mol. The van der Waals surface area contributed by atoms with Crippen LogP contribution in [0.2, 0.25) is 0 Å². The maximum Gasteiger partial charge on any atom is 0.274 e. The number of hydrogen-bond acceptors (Lipinski definition) is 6. The molecule has 4 rings (SSSR count). The van der Waals surface area contributed by atoms with Crippen molar-refractivity contribution in [2.24, 2.45) is 0 Å². The molecule has 2 aliphatic heterocycles. The first-order valence-corrected chi connectivity index (χ1v) is 12.8. The second kappa shape index (κ2) is 10.9. The van der Waals surface area contributed by atoms with Crippen molar-refractivity contribution < 1.29 is 4.79 Å². The molecule has 2 aromatic rings. The van der Waals surface area contributed by atoms with E-state index in [-0.39, 0.29) is 11.2 Å². The Morgan fingerprint density at radius 1 is 1.12 bits per heavy atom. The highest BCUT2D eigenvalue weighted by atomic mass is 16.1. The van der Waals surface area contributed by atoms with Crippen molar-refractivity contribution in [1.82, 2.24) is 19.8 Å². The second-order valence-corrected chi connectivity index (χ2v) is 10.3. The molecule has 0 aliphatic carbocycles. The van der Waals surface area contributed by atoms with Gasteiger partial charge in [0.15, 0.2) is 0 Å². The van der Waals surface area contributed by atoms with E-state index in [1.165, 1.54) is 32.4 Å². The van der Waals surface area contributed by atoms with Gasteiger partial charge in [0, 0.05) is 49.8 Å². The van der Waals surface area contributed by atoms with Gasteiger partial charge in [0.2, 0.25) is 0 Å². The Hall–Kier alpha value is -2.38. The molecule has 2 aliphatic rings. The van der Waals surface area contributed by atoms with Gasteiger partial charge in [-0.15, -0.1) is 0 Å². The fourth-order valence-electron chi connectivity index (χ4n) is 5.35. The topological polar surface area (TPSA) is 64.6 Å². The molecule has 180 valence electrons. The number of amides is 1. The van der Waals surface area contributed by atoms with Gasteiger partial charge in [-0.3, -0.25) is 9.78 Å². The summed E-state index contributed by atoms with van der Waals surface area (Å²) in [5, 5.41) is 3.05. The lowest BCUT2D eigenvalue weighted by Gasteiger charge is -2.47. The van der Waals surface area contributed by atoms with E-state index in [0.29, 0.717) is 17.8 Å². The Bertz CT molecular complexity index is 951. The molecule has 0 spiro atoms. The maximum atomic E-state index is 12.8. The standard InChI is InChI=1S/C25H38B2N6O/c1-3-19(2)31-14-9-21(10-15-31)33-18-17-32(16-11-25(33,26)27)23-6-4-5-22(30-23)24(34)29-20-7-12-28-13-8-20/h4-8,12-13,19,21H,3,9-11,14-18,26-27H2,1-2H3,(H,28,29,34)/t19-/m0/s1. The zero-order valence-corrected chi connectivity index (χ0v) is 21.2. The van der Waals surface area contributed by atoms with E-state index >= 15 is 0 Å². The average Bonchev–Trinajstić information content (AvgIpc) is 3.02. The molecule has 2 saturated heterocycles. The third-order valence-electron chi connectivity index (χ3n) is 7.77. The summed E-state index contributed by atoms with van der Waals surface area (Å²) >= 11 is 0. The minimum absolute atomic E-state index is 0.147. The number of aromatic nitrogens is 2. The van der Waals surface area contributed by atoms with Crippen LogP contribution in [0.1, 0.15) is 50.0 Å². The summed E-state index contributed by atoms with van der Waals surface area (Å²) in [6, 6.07) is 10.6. The van der Waals surface area contributed by atoms with Crippen LogP contribution in [0.4, 0.5) is 11.5 Å². The highest BCUT2D eigenvalue weighted by Crippen LogP contribution is 2.28. The zero-order valence-electron chi connectivity index (χ0n) is 21.2. The Kier molecular flexibility index (Phi) is 7.94. The number of carbonyl (C=O) groups excluding carboxylic acids is 1. The third kappa shape index (κ3) is 5.81. The predicted octanol–water partition coefficient (Wildman–Crippen LogP) is 1.42. The predicted molar refractivity (Wildman–Crippen MR) is 144 cm³/mol. The first-order valence-electron chi connectivity index (χ1n) is 12.8. The van der Waals surface area contributed by atoms with Crippen LogP contribution < -0.4 is 10.2 Å². The fraction of sp³-hybridized carbons (Fsp3) is 0.560. The lowest BCUT2D eigenvalue weighted by Crippen LogP contribution is -2.58. The molecule has 4 heterocycles. The van der Waals surface area contributed by atoms with Crippen molar-refractivity contribution >= 4 is 33.1 Å². The number of piperidine rings is 1. The van der Waals surface area contributed by atoms with E-state index in [0.717, 1.165) is 37.6 Å². The average molecular weight is 460 g/mol. The van der Waals surface area contributed by atoms with Gasteiger partial charge < -0.3 is 20.0 Å². The molecule has 0 aromatic carbocycles. The molecule has 2 fully saturated rings. The van der Waals surface area contributed by atoms with E-state index < -0.39 is 0 Å². The van der Waals surface area contributed by atoms with Crippen LogP contribution in [0.3, 0.4) is 0 Å². The van der Waals surface area contributed by atoms with Crippen LogP contribution in [-0.2, 0) is 0 Å². The molecule has 9 heteroatoms. The molecule has 1 N–H and O–H groups in total. The lowest BCUT2D eigenvalue weighted by atomic mass is 9.58. The maximum absolute atomic E-state index is 12.8. The summed E-state index contributed by atoms with van der Waals surface area (Å²) in [5.41, 5.74) is 1.16. The van der Waals surface area contributed by atoms with Crippen molar-refractivity contribution in [3.63, 3.8) is 0 Å². The van der Waals surface area contributed by atoms with E-state index in [4.69, 9.17) is 4.98 Å². The highest BCUT2D eigenvalue weighted by molar-refractivity contribution is 6.40. The minimum Gasteiger partial charge on any atom is -0.355 e. The summed E-state index contributed by atoms with van der Waals surface area (Å²) < 4.78 is 0. The van der Waals surface area contributed by atoms with Crippen LogP contribution in [0.25, 0.3) is 0 Å². The molecule has 7 nitrogen and oxygen atoms in total. The Balaban J connectivity index is 1.41. The van der Waals surface area contributed by atoms with Crippen LogP contribution >= 0.6 is 0 Å². The fourth-order valence-corrected chi connectivity index (χ4v) is 5.35. The van der Waals surface area contributed by atoms with Gasteiger partial charge in [0.1, 0.15) is 27.2 Å². The molecule has 0 radical (unpaired) electrons. The van der Waals surface area contributed by atoms with Gasteiger partial charge in [-0.2, -0.15) is 0 Å². The van der Waals surface area contributed by atoms with Gasteiger partial charge in [-0.1, -0.05) is 13.0 Å². The molecule has 0 bridgehead atoms. The van der Waals surface area contributed by atoms with Gasteiger partial charge in [-0.25, -0.2) is 4.98 Å². The Labute approximate surface area is 206 Å². The molecule has 34 heavy (non-hydrogen) atoms. The van der Waals surface area contributed by atoms with Crippen molar-refractivity contribution in [2.75, 3.05) is 42.9 Å². The minimum atomic E-state index is -0.196. The van der Waals surface area contributed by atoms with Gasteiger partial charge in [-0.05, 0) is 75.3 Å². The summed E-state index contributed by atoms with van der Waals surface area (Å²) in [4.78, 5) is 29.2. The molecular weight excluding hydrogens is 422 g/mol. The second-order valence-electron chi connectivity index (χ2n) is 10.3. The largest absolute Gasteiger partial charge is 0.355 e. The van der Waals surface area contributed by atoms with E-state index in [1.54, 1.807) is 30.6 Å². The molecule has 0 saturated carbocycles. The third-order valence-corrected chi connectivity index (χ3v) is 7.77. The summed E-state index contributed by atoms with van der Waals surface area (Å²) in [6.45, 7) is 9.94. The van der Waals surface area contributed by atoms with Crippen LogP contribution in [0, 0.1) is 0 Å². The van der Waals surface area contributed by atoms with Gasteiger partial charge in [0.05, 0.1) is 0 Å². The molecule has 0 unspecified atom stereocenters. The van der Waals surface area contributed by atoms with Crippen molar-refractivity contribution in [3.05, 3.63) is 48.4 Å². The summed E-state index contributed by atoms with van der Waals surface area (Å²) in [6.07, 6.45) is 8.12. The van der Waals surface area contributed by atoms with E-state index in [2.05, 4.69) is 54.5 Å². The Morgan fingerprint density at radius 2 is 1.85 bits per heavy atom. The van der Waals surface area contributed by atoms with Gasteiger partial charge in [0.25, 0.3) is 5.91 Å². The number of nitrogens with zero attached hydrogens (tertiary/aromatic N) is 5. The highest BCUT2D eigenvalue weighted by Gasteiger charge is 2.37. The molecular formula is C25H38B2N6O. The number of anilines is 2. The first-order chi connectivity index (χ1) is 16.4. The number of hydrogen-bond donors (Lipinski definition) is 1. The summed E-state index contributed by atoms with van der Waals surface area (Å²) in [7, 11) is 4.78. The van der Waals surface area contributed by atoms with Crippen LogP contribution in [-0.4, -0.2) is 91.5 Å². The molecule has 1 amide bonds. The molecule has 2 aromatic heterocycles. The van der Waals surface area contributed by atoms with Crippen LogP contribution in [0.15, 0.2) is 42.7 Å². The smallest absolute Gasteiger partial charge is 0.274 e. The number of rotatable bonds is 6. The number of nitrogens with one attached hydrogen (secondary N) is 1. The van der Waals surface area contributed by atoms with Crippen molar-refractivity contribution in [3.8, 4) is 0 Å². The molecule has 1 atom stereocenters.